The average molecular weight is 371 g/mol. The number of nitrogens with one attached hydrogen (secondary N) is 1. The molecule has 0 radical (unpaired) electrons. The Bertz CT molecular complexity index is 907. The molecule has 134 valence electrons. The molecule has 0 aliphatic rings. The average Bonchev–Trinajstić information content (AvgIpc) is 3.32. The second kappa shape index (κ2) is 7.44. The molecule has 0 fully saturated rings. The summed E-state index contributed by atoms with van der Waals surface area (Å²) in [5.41, 5.74) is 0.269. The molecule has 1 amide bonds. The van der Waals surface area contributed by atoms with Gasteiger partial charge in [0.25, 0.3) is 11.6 Å². The zero-order valence-corrected chi connectivity index (χ0v) is 15.0. The summed E-state index contributed by atoms with van der Waals surface area (Å²) in [6, 6.07) is 8.04. The fourth-order valence-electron chi connectivity index (χ4n) is 2.60. The summed E-state index contributed by atoms with van der Waals surface area (Å²) in [6.07, 6.45) is 2.66. The maximum absolute atomic E-state index is 12.7. The third kappa shape index (κ3) is 3.62. The molecule has 1 atom stereocenters. The molecular weight excluding hydrogens is 354 g/mol. The minimum absolute atomic E-state index is 0.156. The van der Waals surface area contributed by atoms with Gasteiger partial charge in [0.1, 0.15) is 18.3 Å². The summed E-state index contributed by atoms with van der Waals surface area (Å²) in [5.74, 6) is -0.174. The molecule has 3 rings (SSSR count). The Kier molecular flexibility index (Phi) is 5.08. The van der Waals surface area contributed by atoms with Crippen molar-refractivity contribution in [1.82, 2.24) is 20.1 Å². The van der Waals surface area contributed by atoms with Gasteiger partial charge in [0.05, 0.1) is 11.0 Å². The van der Waals surface area contributed by atoms with Crippen molar-refractivity contribution in [1.29, 1.82) is 0 Å². The first-order valence-corrected chi connectivity index (χ1v) is 8.83. The van der Waals surface area contributed by atoms with Crippen molar-refractivity contribution in [3.05, 3.63) is 68.9 Å². The van der Waals surface area contributed by atoms with Crippen LogP contribution < -0.4 is 5.32 Å². The summed E-state index contributed by atoms with van der Waals surface area (Å²) in [6.45, 7) is 4.03. The summed E-state index contributed by atoms with van der Waals surface area (Å²) in [7, 11) is 0. The highest BCUT2D eigenvalue weighted by Crippen LogP contribution is 2.27. The van der Waals surface area contributed by atoms with Gasteiger partial charge in [0, 0.05) is 16.5 Å². The largest absolute Gasteiger partial charge is 0.344 e. The van der Waals surface area contributed by atoms with Gasteiger partial charge in [0.15, 0.2) is 0 Å². The van der Waals surface area contributed by atoms with E-state index in [1.54, 1.807) is 17.4 Å². The molecule has 26 heavy (non-hydrogen) atoms. The van der Waals surface area contributed by atoms with Crippen LogP contribution in [0.3, 0.4) is 0 Å². The lowest BCUT2D eigenvalue weighted by Crippen LogP contribution is -2.31. The zero-order chi connectivity index (χ0) is 18.7. The van der Waals surface area contributed by atoms with E-state index in [1.807, 2.05) is 31.4 Å². The molecule has 0 saturated carbocycles. The van der Waals surface area contributed by atoms with Crippen LogP contribution in [0.2, 0.25) is 0 Å². The smallest absolute Gasteiger partial charge is 0.295 e. The van der Waals surface area contributed by atoms with Gasteiger partial charge in [-0.05, 0) is 29.5 Å². The summed E-state index contributed by atoms with van der Waals surface area (Å²) in [4.78, 5) is 28.4. The third-order valence-electron chi connectivity index (χ3n) is 3.90. The third-order valence-corrected chi connectivity index (χ3v) is 4.86. The van der Waals surface area contributed by atoms with Crippen LogP contribution in [0.15, 0.2) is 48.4 Å². The van der Waals surface area contributed by atoms with Crippen molar-refractivity contribution in [2.75, 3.05) is 0 Å². The molecule has 0 aliphatic heterocycles. The molecule has 0 aliphatic carbocycles. The van der Waals surface area contributed by atoms with Crippen LogP contribution in [0.4, 0.5) is 5.69 Å². The van der Waals surface area contributed by atoms with Gasteiger partial charge in [-0.15, -0.1) is 11.3 Å². The van der Waals surface area contributed by atoms with E-state index in [-0.39, 0.29) is 34.8 Å². The fourth-order valence-corrected chi connectivity index (χ4v) is 3.55. The van der Waals surface area contributed by atoms with Crippen molar-refractivity contribution in [2.24, 2.45) is 5.92 Å². The summed E-state index contributed by atoms with van der Waals surface area (Å²) >= 11 is 1.56. The van der Waals surface area contributed by atoms with Crippen molar-refractivity contribution < 1.29 is 9.72 Å². The van der Waals surface area contributed by atoms with Crippen molar-refractivity contribution in [3.8, 4) is 5.69 Å². The molecule has 2 heterocycles. The van der Waals surface area contributed by atoms with E-state index < -0.39 is 4.92 Å². The standard InChI is InChI=1S/C17H17N5O3S/c1-11(2)16(15-4-3-7-26-15)20-17(23)12-5-6-13(14(8-12)22(24)25)21-10-18-9-19-21/h3-11,16H,1-2H3,(H,20,23). The van der Waals surface area contributed by atoms with E-state index in [9.17, 15) is 14.9 Å². The second-order valence-corrected chi connectivity index (χ2v) is 6.99. The number of carbonyl (C=O) groups excluding carboxylic acids is 1. The quantitative estimate of drug-likeness (QED) is 0.528. The molecule has 9 heteroatoms. The first kappa shape index (κ1) is 17.7. The van der Waals surface area contributed by atoms with E-state index in [0.29, 0.717) is 0 Å². The molecule has 2 aromatic heterocycles. The molecule has 1 aromatic carbocycles. The second-order valence-electron chi connectivity index (χ2n) is 6.01. The van der Waals surface area contributed by atoms with Crippen LogP contribution in [-0.4, -0.2) is 25.6 Å². The Morgan fingerprint density at radius 3 is 2.73 bits per heavy atom. The van der Waals surface area contributed by atoms with Crippen LogP contribution in [0.25, 0.3) is 5.69 Å². The first-order chi connectivity index (χ1) is 12.5. The van der Waals surface area contributed by atoms with E-state index in [0.717, 1.165) is 4.88 Å². The SMILES string of the molecule is CC(C)C(NC(=O)c1ccc(-n2cncn2)c([N+](=O)[O-])c1)c1cccs1. The lowest BCUT2D eigenvalue weighted by molar-refractivity contribution is -0.384. The number of amides is 1. The Morgan fingerprint density at radius 2 is 2.15 bits per heavy atom. The van der Waals surface area contributed by atoms with Crippen LogP contribution in [0, 0.1) is 16.0 Å². The van der Waals surface area contributed by atoms with Gasteiger partial charge in [0.2, 0.25) is 0 Å². The van der Waals surface area contributed by atoms with Crippen molar-refractivity contribution in [3.63, 3.8) is 0 Å². The number of nitro groups is 1. The molecule has 1 unspecified atom stereocenters. The lowest BCUT2D eigenvalue weighted by Gasteiger charge is -2.21. The number of hydrogen-bond acceptors (Lipinski definition) is 6. The number of thiophene rings is 1. The van der Waals surface area contributed by atoms with Gasteiger partial charge >= 0.3 is 0 Å². The number of rotatable bonds is 6. The molecule has 1 N–H and O–H groups in total. The van der Waals surface area contributed by atoms with Gasteiger partial charge in [-0.2, -0.15) is 5.10 Å². The van der Waals surface area contributed by atoms with Crippen LogP contribution in [0.5, 0.6) is 0 Å². The number of nitrogens with zero attached hydrogens (tertiary/aromatic N) is 4. The Balaban J connectivity index is 1.90. The Labute approximate surface area is 153 Å². The topological polar surface area (TPSA) is 103 Å². The van der Waals surface area contributed by atoms with Gasteiger partial charge in [-0.25, -0.2) is 9.67 Å². The maximum Gasteiger partial charge on any atom is 0.295 e. The number of hydrogen-bond donors (Lipinski definition) is 1. The molecular formula is C17H17N5O3S. The highest BCUT2D eigenvalue weighted by Gasteiger charge is 2.23. The monoisotopic (exact) mass is 371 g/mol. The predicted octanol–water partition coefficient (Wildman–Crippen LogP) is 3.36. The highest BCUT2D eigenvalue weighted by molar-refractivity contribution is 7.10. The van der Waals surface area contributed by atoms with E-state index in [4.69, 9.17) is 0 Å². The molecule has 0 bridgehead atoms. The van der Waals surface area contributed by atoms with Gasteiger partial charge in [-0.1, -0.05) is 19.9 Å². The van der Waals surface area contributed by atoms with Crippen LogP contribution >= 0.6 is 11.3 Å². The Morgan fingerprint density at radius 1 is 1.35 bits per heavy atom. The number of carbonyl (C=O) groups is 1. The van der Waals surface area contributed by atoms with E-state index in [1.165, 1.54) is 29.5 Å². The van der Waals surface area contributed by atoms with Crippen LogP contribution in [0.1, 0.15) is 35.1 Å². The zero-order valence-electron chi connectivity index (χ0n) is 14.2. The fraction of sp³-hybridized carbons (Fsp3) is 0.235. The number of nitro benzene ring substituents is 1. The van der Waals surface area contributed by atoms with Gasteiger partial charge < -0.3 is 5.32 Å². The molecule has 8 nitrogen and oxygen atoms in total. The summed E-state index contributed by atoms with van der Waals surface area (Å²) < 4.78 is 1.29. The molecule has 3 aromatic rings. The first-order valence-electron chi connectivity index (χ1n) is 7.95. The molecule has 0 saturated heterocycles. The number of aromatic nitrogens is 3. The predicted molar refractivity (Wildman–Crippen MR) is 97.4 cm³/mol. The number of benzene rings is 1. The summed E-state index contributed by atoms with van der Waals surface area (Å²) in [5, 5.41) is 20.3. The van der Waals surface area contributed by atoms with Gasteiger partial charge in [-0.3, -0.25) is 14.9 Å². The normalized spacial score (nSPS) is 12.1. The van der Waals surface area contributed by atoms with Crippen molar-refractivity contribution in [2.45, 2.75) is 19.9 Å². The minimum atomic E-state index is -0.535. The van der Waals surface area contributed by atoms with E-state index >= 15 is 0 Å². The van der Waals surface area contributed by atoms with E-state index in [2.05, 4.69) is 15.4 Å². The van der Waals surface area contributed by atoms with Crippen LogP contribution in [-0.2, 0) is 0 Å². The highest BCUT2D eigenvalue weighted by atomic mass is 32.1. The minimum Gasteiger partial charge on any atom is -0.344 e. The van der Waals surface area contributed by atoms with Crippen molar-refractivity contribution >= 4 is 22.9 Å². The Hall–Kier alpha value is -3.07. The maximum atomic E-state index is 12.7. The molecule has 0 spiro atoms. The lowest BCUT2D eigenvalue weighted by atomic mass is 10.0.